The van der Waals surface area contributed by atoms with Crippen molar-refractivity contribution in [3.05, 3.63) is 35.1 Å². The molecule has 0 aromatic heterocycles. The van der Waals surface area contributed by atoms with E-state index in [4.69, 9.17) is 5.73 Å². The molecule has 1 fully saturated rings. The summed E-state index contributed by atoms with van der Waals surface area (Å²) < 4.78 is 13.5. The molecule has 1 aromatic carbocycles. The first-order valence-corrected chi connectivity index (χ1v) is 6.96. The summed E-state index contributed by atoms with van der Waals surface area (Å²) in [6, 6.07) is 4.44. The largest absolute Gasteiger partial charge is 0.336 e. The average molecular weight is 274 g/mol. The molecule has 4 heteroatoms. The highest BCUT2D eigenvalue weighted by molar-refractivity contribution is 5.97. The topological polar surface area (TPSA) is 46.3 Å². The Hall–Kier alpha value is -1.86. The second-order valence-electron chi connectivity index (χ2n) is 4.93. The third kappa shape index (κ3) is 3.37. The molecule has 20 heavy (non-hydrogen) atoms. The van der Waals surface area contributed by atoms with E-state index in [1.54, 1.807) is 6.07 Å². The first-order chi connectivity index (χ1) is 9.67. The van der Waals surface area contributed by atoms with Crippen LogP contribution >= 0.6 is 0 Å². The summed E-state index contributed by atoms with van der Waals surface area (Å²) in [7, 11) is 0. The van der Waals surface area contributed by atoms with E-state index in [2.05, 4.69) is 11.8 Å². The Balaban J connectivity index is 2.33. The molecule has 1 aromatic rings. The second kappa shape index (κ2) is 6.53. The number of rotatable bonds is 4. The Kier molecular flexibility index (Phi) is 4.75. The summed E-state index contributed by atoms with van der Waals surface area (Å²) in [6.07, 6.45) is 2.96. The Labute approximate surface area is 119 Å². The Bertz CT molecular complexity index is 555. The minimum atomic E-state index is -0.418. The molecule has 0 spiro atoms. The number of hydrogen-bond donors (Lipinski definition) is 1. The maximum atomic E-state index is 13.5. The van der Waals surface area contributed by atoms with E-state index < -0.39 is 5.82 Å². The maximum absolute atomic E-state index is 13.5. The van der Waals surface area contributed by atoms with E-state index in [0.717, 1.165) is 19.3 Å². The fraction of sp³-hybridized carbons (Fsp3) is 0.438. The quantitative estimate of drug-likeness (QED) is 0.855. The standard InChI is InChI=1S/C16H19FN2O/c1-2-10-19(14-7-8-14)16(20)15-11-13(17)6-5-12(15)4-3-9-18/h5-6,11,14H,2,7-10,18H2,1H3. The van der Waals surface area contributed by atoms with Gasteiger partial charge in [-0.05, 0) is 37.5 Å². The lowest BCUT2D eigenvalue weighted by molar-refractivity contribution is 0.0742. The van der Waals surface area contributed by atoms with Gasteiger partial charge < -0.3 is 10.6 Å². The van der Waals surface area contributed by atoms with Gasteiger partial charge in [-0.1, -0.05) is 18.8 Å². The summed E-state index contributed by atoms with van der Waals surface area (Å²) in [6.45, 7) is 2.94. The summed E-state index contributed by atoms with van der Waals surface area (Å²) in [5, 5.41) is 0. The van der Waals surface area contributed by atoms with Gasteiger partial charge in [0.1, 0.15) is 5.82 Å². The predicted octanol–water partition coefficient (Wildman–Crippen LogP) is 2.15. The number of amides is 1. The Morgan fingerprint density at radius 1 is 1.50 bits per heavy atom. The van der Waals surface area contributed by atoms with Crippen LogP contribution in [-0.4, -0.2) is 29.9 Å². The van der Waals surface area contributed by atoms with Gasteiger partial charge in [0.2, 0.25) is 0 Å². The van der Waals surface area contributed by atoms with E-state index in [0.29, 0.717) is 23.7 Å². The van der Waals surface area contributed by atoms with E-state index in [1.165, 1.54) is 12.1 Å². The zero-order valence-corrected chi connectivity index (χ0v) is 11.7. The highest BCUT2D eigenvalue weighted by Crippen LogP contribution is 2.29. The van der Waals surface area contributed by atoms with Crippen molar-refractivity contribution in [2.75, 3.05) is 13.1 Å². The number of carbonyl (C=O) groups is 1. The van der Waals surface area contributed by atoms with Gasteiger partial charge in [-0.15, -0.1) is 0 Å². The van der Waals surface area contributed by atoms with Gasteiger partial charge in [-0.3, -0.25) is 4.79 Å². The van der Waals surface area contributed by atoms with Crippen LogP contribution in [0.5, 0.6) is 0 Å². The number of hydrogen-bond acceptors (Lipinski definition) is 2. The third-order valence-electron chi connectivity index (χ3n) is 3.25. The van der Waals surface area contributed by atoms with Crippen molar-refractivity contribution in [2.24, 2.45) is 5.73 Å². The number of nitrogens with zero attached hydrogens (tertiary/aromatic N) is 1. The Morgan fingerprint density at radius 3 is 2.85 bits per heavy atom. The van der Waals surface area contributed by atoms with Crippen LogP contribution in [0.4, 0.5) is 4.39 Å². The zero-order chi connectivity index (χ0) is 14.5. The van der Waals surface area contributed by atoms with Crippen LogP contribution in [0.3, 0.4) is 0 Å². The lowest BCUT2D eigenvalue weighted by Gasteiger charge is -2.22. The van der Waals surface area contributed by atoms with E-state index in [1.807, 2.05) is 11.8 Å². The smallest absolute Gasteiger partial charge is 0.255 e. The fourth-order valence-electron chi connectivity index (χ4n) is 2.18. The molecule has 1 amide bonds. The van der Waals surface area contributed by atoms with Crippen molar-refractivity contribution in [2.45, 2.75) is 32.2 Å². The molecule has 1 aliphatic rings. The van der Waals surface area contributed by atoms with Crippen LogP contribution in [0.25, 0.3) is 0 Å². The summed E-state index contributed by atoms with van der Waals surface area (Å²) in [4.78, 5) is 14.4. The molecule has 3 nitrogen and oxygen atoms in total. The van der Waals surface area contributed by atoms with Gasteiger partial charge in [0.05, 0.1) is 12.1 Å². The molecule has 0 saturated heterocycles. The molecule has 0 atom stereocenters. The number of halogens is 1. The van der Waals surface area contributed by atoms with Crippen molar-refractivity contribution >= 4 is 5.91 Å². The fourth-order valence-corrected chi connectivity index (χ4v) is 2.18. The molecule has 0 unspecified atom stereocenters. The molecule has 106 valence electrons. The number of nitrogens with two attached hydrogens (primary N) is 1. The van der Waals surface area contributed by atoms with E-state index in [9.17, 15) is 9.18 Å². The maximum Gasteiger partial charge on any atom is 0.255 e. The molecule has 1 aliphatic carbocycles. The predicted molar refractivity (Wildman–Crippen MR) is 76.7 cm³/mol. The monoisotopic (exact) mass is 274 g/mol. The van der Waals surface area contributed by atoms with Crippen LogP contribution in [0.1, 0.15) is 42.1 Å². The summed E-state index contributed by atoms with van der Waals surface area (Å²) in [5.74, 6) is 5.02. The average Bonchev–Trinajstić information content (AvgIpc) is 3.27. The molecule has 0 radical (unpaired) electrons. The first kappa shape index (κ1) is 14.5. The van der Waals surface area contributed by atoms with Gasteiger partial charge in [-0.25, -0.2) is 4.39 Å². The van der Waals surface area contributed by atoms with Gasteiger partial charge >= 0.3 is 0 Å². The van der Waals surface area contributed by atoms with Crippen LogP contribution < -0.4 is 5.73 Å². The summed E-state index contributed by atoms with van der Waals surface area (Å²) >= 11 is 0. The molecule has 0 aliphatic heterocycles. The molecular formula is C16H19FN2O. The van der Waals surface area contributed by atoms with Crippen molar-refractivity contribution in [3.8, 4) is 11.8 Å². The van der Waals surface area contributed by atoms with Crippen molar-refractivity contribution < 1.29 is 9.18 Å². The first-order valence-electron chi connectivity index (χ1n) is 6.96. The molecule has 1 saturated carbocycles. The molecular weight excluding hydrogens is 255 g/mol. The van der Waals surface area contributed by atoms with Crippen molar-refractivity contribution in [3.63, 3.8) is 0 Å². The SMILES string of the molecule is CCCN(C(=O)c1cc(F)ccc1C#CCN)C1CC1. The molecule has 2 rings (SSSR count). The lowest BCUT2D eigenvalue weighted by atomic mass is 10.1. The van der Waals surface area contributed by atoms with Crippen LogP contribution in [0.2, 0.25) is 0 Å². The molecule has 0 heterocycles. The zero-order valence-electron chi connectivity index (χ0n) is 11.7. The molecule has 0 bridgehead atoms. The van der Waals surface area contributed by atoms with Gasteiger partial charge in [0, 0.05) is 18.2 Å². The van der Waals surface area contributed by atoms with Crippen LogP contribution in [-0.2, 0) is 0 Å². The highest BCUT2D eigenvalue weighted by atomic mass is 19.1. The van der Waals surface area contributed by atoms with Crippen LogP contribution in [0.15, 0.2) is 18.2 Å². The lowest BCUT2D eigenvalue weighted by Crippen LogP contribution is -2.34. The minimum absolute atomic E-state index is 0.129. The molecule has 2 N–H and O–H groups in total. The van der Waals surface area contributed by atoms with Crippen molar-refractivity contribution in [1.29, 1.82) is 0 Å². The van der Waals surface area contributed by atoms with Gasteiger partial charge in [-0.2, -0.15) is 0 Å². The van der Waals surface area contributed by atoms with Gasteiger partial charge in [0.15, 0.2) is 0 Å². The van der Waals surface area contributed by atoms with Gasteiger partial charge in [0.25, 0.3) is 5.91 Å². The summed E-state index contributed by atoms with van der Waals surface area (Å²) in [5.41, 5.74) is 6.24. The number of benzene rings is 1. The second-order valence-corrected chi connectivity index (χ2v) is 4.93. The van der Waals surface area contributed by atoms with E-state index in [-0.39, 0.29) is 12.5 Å². The Morgan fingerprint density at radius 2 is 2.25 bits per heavy atom. The van der Waals surface area contributed by atoms with Crippen LogP contribution in [0, 0.1) is 17.7 Å². The van der Waals surface area contributed by atoms with E-state index >= 15 is 0 Å². The third-order valence-corrected chi connectivity index (χ3v) is 3.25. The van der Waals surface area contributed by atoms with Crippen molar-refractivity contribution in [1.82, 2.24) is 4.90 Å². The number of carbonyl (C=O) groups excluding carboxylic acids is 1. The highest BCUT2D eigenvalue weighted by Gasteiger charge is 2.33. The normalized spacial score (nSPS) is 13.6. The minimum Gasteiger partial charge on any atom is -0.336 e.